The molecular formula is C10H19N5O. The van der Waals surface area contributed by atoms with E-state index in [0.717, 1.165) is 32.1 Å². The molecule has 1 aliphatic rings. The van der Waals surface area contributed by atoms with Crippen LogP contribution in [0.2, 0.25) is 0 Å². The summed E-state index contributed by atoms with van der Waals surface area (Å²) in [6.45, 7) is 5.75. The highest BCUT2D eigenvalue weighted by molar-refractivity contribution is 4.84. The van der Waals surface area contributed by atoms with Crippen molar-refractivity contribution in [3.8, 4) is 0 Å². The lowest BCUT2D eigenvalue weighted by atomic mass is 10.2. The van der Waals surface area contributed by atoms with Gasteiger partial charge in [-0.1, -0.05) is 0 Å². The highest BCUT2D eigenvalue weighted by atomic mass is 16.5. The molecule has 0 bridgehead atoms. The van der Waals surface area contributed by atoms with E-state index in [1.165, 1.54) is 12.7 Å². The van der Waals surface area contributed by atoms with Crippen LogP contribution in [0.4, 0.5) is 0 Å². The molecule has 2 heterocycles. The van der Waals surface area contributed by atoms with E-state index < -0.39 is 0 Å². The van der Waals surface area contributed by atoms with E-state index in [-0.39, 0.29) is 6.04 Å². The molecule has 0 amide bonds. The van der Waals surface area contributed by atoms with Gasteiger partial charge in [0.15, 0.2) is 0 Å². The van der Waals surface area contributed by atoms with E-state index in [1.54, 1.807) is 0 Å². The van der Waals surface area contributed by atoms with Crippen molar-refractivity contribution in [2.75, 3.05) is 26.3 Å². The van der Waals surface area contributed by atoms with Gasteiger partial charge < -0.3 is 15.8 Å². The summed E-state index contributed by atoms with van der Waals surface area (Å²) in [6, 6.07) is 0.113. The molecule has 1 aromatic heterocycles. The Kier molecular flexibility index (Phi) is 6.55. The van der Waals surface area contributed by atoms with Gasteiger partial charge in [0.1, 0.15) is 18.5 Å². The molecule has 1 atom stereocenters. The third-order valence-corrected chi connectivity index (χ3v) is 1.90. The molecule has 0 spiro atoms. The van der Waals surface area contributed by atoms with Gasteiger partial charge in [0.05, 0.1) is 13.2 Å². The number of nitrogens with zero attached hydrogens (tertiary/aromatic N) is 3. The first-order valence-corrected chi connectivity index (χ1v) is 5.44. The minimum absolute atomic E-state index is 0.113. The van der Waals surface area contributed by atoms with Gasteiger partial charge in [-0.15, -0.1) is 0 Å². The monoisotopic (exact) mass is 225 g/mol. The lowest BCUT2D eigenvalue weighted by Gasteiger charge is -2.10. The van der Waals surface area contributed by atoms with Crippen molar-refractivity contribution in [2.45, 2.75) is 19.4 Å². The van der Waals surface area contributed by atoms with Crippen molar-refractivity contribution < 1.29 is 4.74 Å². The molecule has 2 rings (SSSR count). The van der Waals surface area contributed by atoms with Gasteiger partial charge >= 0.3 is 0 Å². The zero-order chi connectivity index (χ0) is 11.6. The van der Waals surface area contributed by atoms with Gasteiger partial charge in [-0.2, -0.15) is 0 Å². The second-order valence-electron chi connectivity index (χ2n) is 3.60. The second-order valence-corrected chi connectivity index (χ2v) is 3.60. The van der Waals surface area contributed by atoms with Gasteiger partial charge in [-0.05, 0) is 6.92 Å². The van der Waals surface area contributed by atoms with Crippen LogP contribution in [0.5, 0.6) is 0 Å². The Morgan fingerprint density at radius 3 is 2.38 bits per heavy atom. The first kappa shape index (κ1) is 13.0. The number of ether oxygens (including phenoxy) is 1. The highest BCUT2D eigenvalue weighted by Gasteiger charge is 1.97. The second kappa shape index (κ2) is 8.09. The third kappa shape index (κ3) is 6.39. The van der Waals surface area contributed by atoms with Crippen molar-refractivity contribution in [3.05, 3.63) is 18.5 Å². The Hall–Kier alpha value is -1.11. The van der Waals surface area contributed by atoms with Crippen LogP contribution < -0.4 is 11.1 Å². The van der Waals surface area contributed by atoms with Gasteiger partial charge in [-0.3, -0.25) is 0 Å². The summed E-state index contributed by atoms with van der Waals surface area (Å²) in [5.74, 6) is 0.755. The lowest BCUT2D eigenvalue weighted by molar-refractivity contribution is 0.109. The fraction of sp³-hybridized carbons (Fsp3) is 0.700. The van der Waals surface area contributed by atoms with Crippen LogP contribution in [0.1, 0.15) is 12.7 Å². The zero-order valence-electron chi connectivity index (χ0n) is 9.59. The maximum absolute atomic E-state index is 5.52. The summed E-state index contributed by atoms with van der Waals surface area (Å²) in [5, 5.41) is 3.16. The Morgan fingerprint density at radius 1 is 1.38 bits per heavy atom. The predicted molar refractivity (Wildman–Crippen MR) is 60.9 cm³/mol. The molecule has 1 unspecified atom stereocenters. The van der Waals surface area contributed by atoms with E-state index in [2.05, 4.69) is 20.3 Å². The number of morpholine rings is 1. The van der Waals surface area contributed by atoms with Crippen LogP contribution in [0.25, 0.3) is 0 Å². The molecule has 1 aliphatic heterocycles. The molecule has 1 aromatic rings. The first-order chi connectivity index (χ1) is 7.79. The first-order valence-electron chi connectivity index (χ1n) is 5.44. The number of aromatic nitrogens is 3. The van der Waals surface area contributed by atoms with E-state index in [1.807, 2.05) is 6.92 Å². The Labute approximate surface area is 95.6 Å². The summed E-state index contributed by atoms with van der Waals surface area (Å²) in [4.78, 5) is 11.5. The van der Waals surface area contributed by atoms with Crippen molar-refractivity contribution >= 4 is 0 Å². The SMILES string of the molecule is C1COCCN1.CC(N)Cc1ncncn1. The lowest BCUT2D eigenvalue weighted by Crippen LogP contribution is -2.30. The largest absolute Gasteiger partial charge is 0.379 e. The Balaban J connectivity index is 0.000000181. The van der Waals surface area contributed by atoms with Gasteiger partial charge in [0, 0.05) is 25.6 Å². The minimum Gasteiger partial charge on any atom is -0.379 e. The minimum atomic E-state index is 0.113. The molecule has 0 aromatic carbocycles. The highest BCUT2D eigenvalue weighted by Crippen LogP contribution is 1.89. The van der Waals surface area contributed by atoms with Crippen LogP contribution in [-0.4, -0.2) is 47.3 Å². The topological polar surface area (TPSA) is 86.0 Å². The number of hydrogen-bond donors (Lipinski definition) is 2. The molecule has 1 fully saturated rings. The maximum atomic E-state index is 5.52. The van der Waals surface area contributed by atoms with Crippen molar-refractivity contribution in [1.29, 1.82) is 0 Å². The van der Waals surface area contributed by atoms with E-state index in [4.69, 9.17) is 10.5 Å². The van der Waals surface area contributed by atoms with Crippen molar-refractivity contribution in [1.82, 2.24) is 20.3 Å². The molecule has 16 heavy (non-hydrogen) atoms. The maximum Gasteiger partial charge on any atom is 0.133 e. The molecule has 90 valence electrons. The number of nitrogens with two attached hydrogens (primary N) is 1. The van der Waals surface area contributed by atoms with E-state index >= 15 is 0 Å². The van der Waals surface area contributed by atoms with Crippen LogP contribution >= 0.6 is 0 Å². The van der Waals surface area contributed by atoms with E-state index in [9.17, 15) is 0 Å². The summed E-state index contributed by atoms with van der Waals surface area (Å²) >= 11 is 0. The molecule has 0 aliphatic carbocycles. The number of nitrogens with one attached hydrogen (secondary N) is 1. The molecule has 0 radical (unpaired) electrons. The average molecular weight is 225 g/mol. The number of hydrogen-bond acceptors (Lipinski definition) is 6. The van der Waals surface area contributed by atoms with Crippen LogP contribution in [0.15, 0.2) is 12.7 Å². The molecule has 3 N–H and O–H groups in total. The van der Waals surface area contributed by atoms with Gasteiger partial charge in [0.25, 0.3) is 0 Å². The third-order valence-electron chi connectivity index (χ3n) is 1.90. The molecule has 1 saturated heterocycles. The van der Waals surface area contributed by atoms with Crippen LogP contribution in [0, 0.1) is 0 Å². The quantitative estimate of drug-likeness (QED) is 0.697. The van der Waals surface area contributed by atoms with Crippen LogP contribution in [0.3, 0.4) is 0 Å². The zero-order valence-corrected chi connectivity index (χ0v) is 9.59. The van der Waals surface area contributed by atoms with Gasteiger partial charge in [0.2, 0.25) is 0 Å². The van der Waals surface area contributed by atoms with Gasteiger partial charge in [-0.25, -0.2) is 15.0 Å². The summed E-state index contributed by atoms with van der Waals surface area (Å²) in [7, 11) is 0. The average Bonchev–Trinajstić information content (AvgIpc) is 2.32. The Morgan fingerprint density at radius 2 is 2.00 bits per heavy atom. The predicted octanol–water partition coefficient (Wildman–Crippen LogP) is -0.632. The van der Waals surface area contributed by atoms with Crippen molar-refractivity contribution in [2.24, 2.45) is 5.73 Å². The fourth-order valence-corrected chi connectivity index (χ4v) is 1.17. The van der Waals surface area contributed by atoms with E-state index in [0.29, 0.717) is 6.42 Å². The molecule has 0 saturated carbocycles. The summed E-state index contributed by atoms with van der Waals surface area (Å²) in [5.41, 5.74) is 5.52. The van der Waals surface area contributed by atoms with Crippen molar-refractivity contribution in [3.63, 3.8) is 0 Å². The fourth-order valence-electron chi connectivity index (χ4n) is 1.17. The molecule has 6 nitrogen and oxygen atoms in total. The Bertz CT molecular complexity index is 252. The standard InChI is InChI=1S/C6H10N4.C4H9NO/c1-5(7)2-6-9-3-8-4-10-6;1-3-6-4-2-5-1/h3-5H,2,7H2,1H3;5H,1-4H2. The summed E-state index contributed by atoms with van der Waals surface area (Å²) in [6.07, 6.45) is 3.66. The summed E-state index contributed by atoms with van der Waals surface area (Å²) < 4.78 is 5.01. The smallest absolute Gasteiger partial charge is 0.133 e. The normalized spacial score (nSPS) is 17.1. The molecular weight excluding hydrogens is 206 g/mol. The number of rotatable bonds is 2. The van der Waals surface area contributed by atoms with Crippen LogP contribution in [-0.2, 0) is 11.2 Å². The molecule has 6 heteroatoms.